The fraction of sp³-hybridized carbons (Fsp3) is 0.400. The summed E-state index contributed by atoms with van der Waals surface area (Å²) >= 11 is 5.65. The second-order valence-electron chi connectivity index (χ2n) is 3.48. The van der Waals surface area contributed by atoms with E-state index in [4.69, 9.17) is 22.1 Å². The van der Waals surface area contributed by atoms with E-state index in [0.29, 0.717) is 0 Å². The van der Waals surface area contributed by atoms with Crippen LogP contribution in [0.3, 0.4) is 0 Å². The van der Waals surface area contributed by atoms with Crippen molar-refractivity contribution in [1.29, 1.82) is 0 Å². The summed E-state index contributed by atoms with van der Waals surface area (Å²) in [5.41, 5.74) is 5.56. The first-order chi connectivity index (χ1) is 7.74. The summed E-state index contributed by atoms with van der Waals surface area (Å²) in [6.07, 6.45) is -5.53. The second kappa shape index (κ2) is 5.01. The van der Waals surface area contributed by atoms with Crippen molar-refractivity contribution in [2.75, 3.05) is 7.11 Å². The van der Waals surface area contributed by atoms with Gasteiger partial charge < -0.3 is 15.6 Å². The lowest BCUT2D eigenvalue weighted by Gasteiger charge is -2.16. The van der Waals surface area contributed by atoms with Crippen LogP contribution in [-0.4, -0.2) is 18.4 Å². The van der Waals surface area contributed by atoms with Crippen LogP contribution in [0, 0.1) is 0 Å². The number of hydrogen-bond donors (Lipinski definition) is 2. The normalized spacial score (nSPS) is 13.5. The van der Waals surface area contributed by atoms with Crippen molar-refractivity contribution >= 4 is 11.6 Å². The summed E-state index contributed by atoms with van der Waals surface area (Å²) in [4.78, 5) is 0. The smallest absolute Gasteiger partial charge is 0.390 e. The van der Waals surface area contributed by atoms with Crippen molar-refractivity contribution in [3.05, 3.63) is 22.7 Å². The van der Waals surface area contributed by atoms with Gasteiger partial charge in [0, 0.05) is 6.04 Å². The maximum absolute atomic E-state index is 12.2. The molecule has 0 bridgehead atoms. The van der Waals surface area contributed by atoms with E-state index in [9.17, 15) is 18.3 Å². The Balaban J connectivity index is 3.03. The quantitative estimate of drug-likeness (QED) is 0.887. The van der Waals surface area contributed by atoms with Crippen LogP contribution >= 0.6 is 11.6 Å². The number of ether oxygens (including phenoxy) is 1. The summed E-state index contributed by atoms with van der Waals surface area (Å²) in [5, 5.41) is 9.32. The lowest BCUT2D eigenvalue weighted by atomic mass is 10.0. The van der Waals surface area contributed by atoms with Crippen LogP contribution < -0.4 is 10.5 Å². The molecule has 0 aliphatic rings. The van der Waals surface area contributed by atoms with Crippen LogP contribution in [0.25, 0.3) is 0 Å². The molecule has 0 aliphatic carbocycles. The Morgan fingerprint density at radius 1 is 1.47 bits per heavy atom. The number of alkyl halides is 3. The van der Waals surface area contributed by atoms with Crippen molar-refractivity contribution in [3.8, 4) is 11.5 Å². The Morgan fingerprint density at radius 3 is 2.53 bits per heavy atom. The monoisotopic (exact) mass is 269 g/mol. The molecule has 0 radical (unpaired) electrons. The third-order valence-electron chi connectivity index (χ3n) is 2.15. The van der Waals surface area contributed by atoms with Gasteiger partial charge in [-0.2, -0.15) is 13.2 Å². The fourth-order valence-corrected chi connectivity index (χ4v) is 1.55. The molecule has 3 N–H and O–H groups in total. The molecular formula is C10H11ClF3NO2. The Bertz CT molecular complexity index is 409. The van der Waals surface area contributed by atoms with E-state index in [-0.39, 0.29) is 22.1 Å². The van der Waals surface area contributed by atoms with Gasteiger partial charge in [-0.05, 0) is 17.7 Å². The van der Waals surface area contributed by atoms with E-state index >= 15 is 0 Å². The molecule has 17 heavy (non-hydrogen) atoms. The largest absolute Gasteiger partial charge is 0.503 e. The van der Waals surface area contributed by atoms with Crippen molar-refractivity contribution in [2.24, 2.45) is 5.73 Å². The Kier molecular flexibility index (Phi) is 4.11. The number of aromatic hydroxyl groups is 1. The van der Waals surface area contributed by atoms with Gasteiger partial charge >= 0.3 is 6.18 Å². The van der Waals surface area contributed by atoms with Crippen molar-refractivity contribution < 1.29 is 23.0 Å². The van der Waals surface area contributed by atoms with Gasteiger partial charge in [-0.15, -0.1) is 0 Å². The molecule has 0 aromatic heterocycles. The van der Waals surface area contributed by atoms with Gasteiger partial charge in [-0.1, -0.05) is 11.6 Å². The van der Waals surface area contributed by atoms with Gasteiger partial charge in [-0.25, -0.2) is 0 Å². The van der Waals surface area contributed by atoms with Crippen molar-refractivity contribution in [1.82, 2.24) is 0 Å². The number of hydrogen-bond acceptors (Lipinski definition) is 3. The van der Waals surface area contributed by atoms with Gasteiger partial charge in [0.1, 0.15) is 0 Å². The number of benzene rings is 1. The molecular weight excluding hydrogens is 259 g/mol. The van der Waals surface area contributed by atoms with Crippen molar-refractivity contribution in [3.63, 3.8) is 0 Å². The molecule has 0 amide bonds. The van der Waals surface area contributed by atoms with Gasteiger partial charge in [0.05, 0.1) is 18.6 Å². The number of nitrogens with two attached hydrogens (primary N) is 1. The first-order valence-electron chi connectivity index (χ1n) is 4.63. The summed E-state index contributed by atoms with van der Waals surface area (Å²) < 4.78 is 41.3. The highest BCUT2D eigenvalue weighted by Crippen LogP contribution is 2.38. The minimum Gasteiger partial charge on any atom is -0.503 e. The molecule has 0 fully saturated rings. The number of phenols is 1. The van der Waals surface area contributed by atoms with Crippen LogP contribution in [0.15, 0.2) is 12.1 Å². The second-order valence-corrected chi connectivity index (χ2v) is 3.89. The van der Waals surface area contributed by atoms with Gasteiger partial charge in [-0.3, -0.25) is 0 Å². The molecule has 0 saturated carbocycles. The molecule has 0 unspecified atom stereocenters. The topological polar surface area (TPSA) is 55.5 Å². The minimum atomic E-state index is -4.36. The van der Waals surface area contributed by atoms with E-state index in [1.165, 1.54) is 19.2 Å². The van der Waals surface area contributed by atoms with Crippen LogP contribution in [0.2, 0.25) is 5.02 Å². The Labute approximate surface area is 101 Å². The maximum atomic E-state index is 12.2. The minimum absolute atomic E-state index is 0.00914. The Hall–Kier alpha value is -1.14. The fourth-order valence-electron chi connectivity index (χ4n) is 1.33. The molecule has 0 heterocycles. The molecule has 3 nitrogen and oxygen atoms in total. The summed E-state index contributed by atoms with van der Waals surface area (Å²) in [6, 6.07) is 1.18. The van der Waals surface area contributed by atoms with E-state index in [1.54, 1.807) is 0 Å². The molecule has 0 aliphatic heterocycles. The number of phenolic OH excluding ortho intramolecular Hbond substituents is 1. The van der Waals surface area contributed by atoms with Crippen LogP contribution in [0.5, 0.6) is 11.5 Å². The SMILES string of the molecule is COc1cc([C@H](N)CC(F)(F)F)cc(Cl)c1O. The standard InChI is InChI=1S/C10H11ClF3NO2/c1-17-8-3-5(2-6(11)9(8)16)7(15)4-10(12,13)14/h2-3,7,16H,4,15H2,1H3/t7-/m1/s1. The average Bonchev–Trinajstić information content (AvgIpc) is 2.19. The molecule has 0 spiro atoms. The number of halogens is 4. The maximum Gasteiger partial charge on any atom is 0.390 e. The molecule has 1 aromatic rings. The Morgan fingerprint density at radius 2 is 2.06 bits per heavy atom. The van der Waals surface area contributed by atoms with E-state index in [1.807, 2.05) is 0 Å². The number of rotatable bonds is 3. The van der Waals surface area contributed by atoms with Gasteiger partial charge in [0.15, 0.2) is 11.5 Å². The van der Waals surface area contributed by atoms with E-state index in [2.05, 4.69) is 0 Å². The molecule has 1 atom stereocenters. The zero-order valence-corrected chi connectivity index (χ0v) is 9.64. The lowest BCUT2D eigenvalue weighted by molar-refractivity contribution is -0.138. The van der Waals surface area contributed by atoms with Crippen LogP contribution in [0.1, 0.15) is 18.0 Å². The predicted molar refractivity (Wildman–Crippen MR) is 57.3 cm³/mol. The van der Waals surface area contributed by atoms with Gasteiger partial charge in [0.2, 0.25) is 0 Å². The van der Waals surface area contributed by atoms with Crippen LogP contribution in [-0.2, 0) is 0 Å². The summed E-state index contributed by atoms with van der Waals surface area (Å²) in [7, 11) is 1.27. The first kappa shape index (κ1) is 13.9. The first-order valence-corrected chi connectivity index (χ1v) is 5.01. The lowest BCUT2D eigenvalue weighted by Crippen LogP contribution is -2.20. The highest BCUT2D eigenvalue weighted by molar-refractivity contribution is 6.32. The molecule has 0 saturated heterocycles. The highest BCUT2D eigenvalue weighted by Gasteiger charge is 2.31. The zero-order valence-electron chi connectivity index (χ0n) is 8.88. The van der Waals surface area contributed by atoms with Crippen LogP contribution in [0.4, 0.5) is 13.2 Å². The van der Waals surface area contributed by atoms with E-state index in [0.717, 1.165) is 0 Å². The number of methoxy groups -OCH3 is 1. The molecule has 1 rings (SSSR count). The third-order valence-corrected chi connectivity index (χ3v) is 2.44. The molecule has 7 heteroatoms. The average molecular weight is 270 g/mol. The predicted octanol–water partition coefficient (Wildman–Crippen LogP) is 3.01. The van der Waals surface area contributed by atoms with Crippen molar-refractivity contribution in [2.45, 2.75) is 18.6 Å². The van der Waals surface area contributed by atoms with Gasteiger partial charge in [0.25, 0.3) is 0 Å². The van der Waals surface area contributed by atoms with E-state index < -0.39 is 18.6 Å². The third kappa shape index (κ3) is 3.67. The zero-order chi connectivity index (χ0) is 13.2. The summed E-state index contributed by atoms with van der Waals surface area (Å²) in [5.74, 6) is -0.331. The molecule has 1 aromatic carbocycles. The molecule has 96 valence electrons. The summed E-state index contributed by atoms with van der Waals surface area (Å²) in [6.45, 7) is 0. The highest BCUT2D eigenvalue weighted by atomic mass is 35.5.